The molecule has 0 radical (unpaired) electrons. The van der Waals surface area contributed by atoms with Crippen molar-refractivity contribution in [2.75, 3.05) is 10.8 Å². The average molecular weight is 889 g/mol. The number of hydrogen-bond donors (Lipinski definition) is 4. The molecular weight excluding hydrogens is 841 g/mol. The number of carboxylic acid groups (broad SMARTS) is 2. The van der Waals surface area contributed by atoms with Crippen LogP contribution in [0.15, 0.2) is 194 Å². The Labute approximate surface area is 389 Å². The Bertz CT molecular complexity index is 2970. The Morgan fingerprint density at radius 3 is 1.37 bits per heavy atom. The summed E-state index contributed by atoms with van der Waals surface area (Å²) in [6.45, 7) is 4.38. The van der Waals surface area contributed by atoms with E-state index in [4.69, 9.17) is 14.3 Å². The first-order chi connectivity index (χ1) is 32.5. The summed E-state index contributed by atoms with van der Waals surface area (Å²) in [4.78, 5) is 43.0. The third kappa shape index (κ3) is 11.6. The molecule has 0 spiro atoms. The van der Waals surface area contributed by atoms with Crippen molar-refractivity contribution in [2.45, 2.75) is 38.7 Å². The molecule has 8 rings (SSSR count). The molecule has 0 aliphatic rings. The molecule has 0 aliphatic carbocycles. The highest BCUT2D eigenvalue weighted by Crippen LogP contribution is 2.35. The van der Waals surface area contributed by atoms with Crippen molar-refractivity contribution in [1.29, 1.82) is 0 Å². The first-order valence-corrected chi connectivity index (χ1v) is 21.7. The molecule has 67 heavy (non-hydrogen) atoms. The number of hydrogen-bond acceptors (Lipinski definition) is 7. The smallest absolute Gasteiger partial charge is 0.336 e. The van der Waals surface area contributed by atoms with Gasteiger partial charge in [0.25, 0.3) is 5.91 Å². The summed E-state index contributed by atoms with van der Waals surface area (Å²) in [5.41, 5.74) is 10.6. The van der Waals surface area contributed by atoms with Crippen molar-refractivity contribution in [3.05, 3.63) is 250 Å². The molecule has 1 amide bonds. The third-order valence-corrected chi connectivity index (χ3v) is 11.5. The molecule has 0 saturated carbocycles. The fourth-order valence-corrected chi connectivity index (χ4v) is 7.71. The van der Waals surface area contributed by atoms with E-state index in [9.17, 15) is 24.6 Å². The number of anilines is 2. The molecule has 0 atom stereocenters. The van der Waals surface area contributed by atoms with Crippen LogP contribution in [0.2, 0.25) is 0 Å². The minimum absolute atomic E-state index is 0.0569. The Hall–Kier alpha value is -8.47. The number of carboxylic acids is 2. The van der Waals surface area contributed by atoms with E-state index in [1.54, 1.807) is 54.6 Å². The van der Waals surface area contributed by atoms with Crippen molar-refractivity contribution in [1.82, 2.24) is 0 Å². The zero-order chi connectivity index (χ0) is 46.8. The fraction of sp³-hybridized carbons (Fsp3) is 0.105. The molecule has 0 heterocycles. The zero-order valence-corrected chi connectivity index (χ0v) is 36.9. The van der Waals surface area contributed by atoms with Crippen LogP contribution in [-0.2, 0) is 29.7 Å². The monoisotopic (exact) mass is 888 g/mol. The molecule has 10 nitrogen and oxygen atoms in total. The van der Waals surface area contributed by atoms with E-state index in [1.165, 1.54) is 0 Å². The Morgan fingerprint density at radius 2 is 0.896 bits per heavy atom. The predicted octanol–water partition coefficient (Wildman–Crippen LogP) is 13.0. The van der Waals surface area contributed by atoms with Gasteiger partial charge in [0.05, 0.1) is 22.4 Å². The number of aromatic carboxylic acids is 2. The molecule has 0 aromatic heterocycles. The maximum absolute atomic E-state index is 13.2. The second-order valence-corrected chi connectivity index (χ2v) is 16.6. The fourth-order valence-electron chi connectivity index (χ4n) is 7.71. The third-order valence-electron chi connectivity index (χ3n) is 11.5. The Kier molecular flexibility index (Phi) is 13.9. The van der Waals surface area contributed by atoms with Gasteiger partial charge in [-0.05, 0) is 143 Å². The van der Waals surface area contributed by atoms with Gasteiger partial charge < -0.3 is 25.0 Å². The summed E-state index contributed by atoms with van der Waals surface area (Å²) in [5.74, 6) is -0.144. The number of nitrogens with one attached hydrogen (secondary N) is 2. The molecule has 8 aromatic rings. The predicted molar refractivity (Wildman–Crippen MR) is 260 cm³/mol. The van der Waals surface area contributed by atoms with Gasteiger partial charge in [-0.15, -0.1) is 0 Å². The maximum Gasteiger partial charge on any atom is 0.336 e. The summed E-state index contributed by atoms with van der Waals surface area (Å²) in [6.07, 6.45) is 1.20. The van der Waals surface area contributed by atoms with Gasteiger partial charge in [0.2, 0.25) is 0 Å². The van der Waals surface area contributed by atoms with Crippen molar-refractivity contribution >= 4 is 29.2 Å². The number of ether oxygens (including phenoxy) is 2. The van der Waals surface area contributed by atoms with Crippen LogP contribution in [0.1, 0.15) is 83.9 Å². The molecule has 0 aliphatic heterocycles. The normalized spacial score (nSPS) is 11.1. The van der Waals surface area contributed by atoms with Crippen LogP contribution in [0.3, 0.4) is 0 Å². The van der Waals surface area contributed by atoms with E-state index >= 15 is 0 Å². The van der Waals surface area contributed by atoms with Gasteiger partial charge >= 0.3 is 11.9 Å². The molecule has 0 bridgehead atoms. The van der Waals surface area contributed by atoms with Crippen molar-refractivity contribution in [3.63, 3.8) is 0 Å². The lowest BCUT2D eigenvalue weighted by Gasteiger charge is -2.26. The zero-order valence-electron chi connectivity index (χ0n) is 36.9. The summed E-state index contributed by atoms with van der Waals surface area (Å²) in [6, 6.07) is 60.1. The minimum Gasteiger partial charge on any atom is -0.478 e. The summed E-state index contributed by atoms with van der Waals surface area (Å²) in [7, 11) is 0. The number of carbonyl (C=O) groups is 3. The summed E-state index contributed by atoms with van der Waals surface area (Å²) >= 11 is 0. The standard InChI is InChI=1S/C57H48N2O8/c1-57(2,43-16-24-47(25-17-43)66-49-28-20-45(21-29-49)58-54(60)51-32-14-41(36-53(51)56(63)64)34-39-11-7-4-8-12-39)44-18-26-48(27-19-44)67-50-30-22-46(23-31-50)59-65-37-42-15-13-40(35-52(42)55(61)62)33-38-9-5-3-6-10-38/h3-32,35-36,59H,33-34,37H2,1-2H3,(H,58,60)(H,61,62)(H,63,64). The molecule has 0 fully saturated rings. The van der Waals surface area contributed by atoms with E-state index in [2.05, 4.69) is 24.6 Å². The molecule has 8 aromatic carbocycles. The van der Waals surface area contributed by atoms with Crippen molar-refractivity contribution in [2.24, 2.45) is 0 Å². The van der Waals surface area contributed by atoms with Crippen molar-refractivity contribution < 1.29 is 38.9 Å². The lowest BCUT2D eigenvalue weighted by Crippen LogP contribution is -2.18. The maximum atomic E-state index is 13.2. The lowest BCUT2D eigenvalue weighted by atomic mass is 9.78. The second kappa shape index (κ2) is 20.6. The van der Waals surface area contributed by atoms with Crippen LogP contribution in [-0.4, -0.2) is 28.1 Å². The van der Waals surface area contributed by atoms with Crippen LogP contribution in [0.4, 0.5) is 11.4 Å². The van der Waals surface area contributed by atoms with E-state index in [1.807, 2.05) is 140 Å². The number of benzene rings is 8. The van der Waals surface area contributed by atoms with Gasteiger partial charge in [0.1, 0.15) is 29.6 Å². The molecule has 4 N–H and O–H groups in total. The molecule has 10 heteroatoms. The number of carbonyl (C=O) groups excluding carboxylic acids is 1. The minimum atomic E-state index is -1.17. The first kappa shape index (κ1) is 45.1. The van der Waals surface area contributed by atoms with E-state index in [0.29, 0.717) is 52.8 Å². The van der Waals surface area contributed by atoms with Crippen LogP contribution in [0, 0.1) is 0 Å². The van der Waals surface area contributed by atoms with E-state index in [0.717, 1.165) is 33.4 Å². The summed E-state index contributed by atoms with van der Waals surface area (Å²) < 4.78 is 12.3. The van der Waals surface area contributed by atoms with Gasteiger partial charge in [-0.2, -0.15) is 0 Å². The topological polar surface area (TPSA) is 143 Å². The molecule has 334 valence electrons. The quantitative estimate of drug-likeness (QED) is 0.0619. The summed E-state index contributed by atoms with van der Waals surface area (Å²) in [5, 5.41) is 22.5. The van der Waals surface area contributed by atoms with Gasteiger partial charge in [0.15, 0.2) is 0 Å². The van der Waals surface area contributed by atoms with Crippen molar-refractivity contribution in [3.8, 4) is 23.0 Å². The van der Waals surface area contributed by atoms with Gasteiger partial charge in [-0.1, -0.05) is 117 Å². The second-order valence-electron chi connectivity index (χ2n) is 16.6. The van der Waals surface area contributed by atoms with E-state index in [-0.39, 0.29) is 28.7 Å². The van der Waals surface area contributed by atoms with Gasteiger partial charge in [-0.25, -0.2) is 9.59 Å². The van der Waals surface area contributed by atoms with Gasteiger partial charge in [0, 0.05) is 11.1 Å². The first-order valence-electron chi connectivity index (χ1n) is 21.7. The highest BCUT2D eigenvalue weighted by molar-refractivity contribution is 6.10. The SMILES string of the molecule is CC(C)(c1ccc(Oc2ccc(NOCc3ccc(Cc4ccccc4)cc3C(=O)O)cc2)cc1)c1ccc(Oc2ccc(NC(=O)c3ccc(Cc4ccccc4)cc3C(=O)O)cc2)cc1. The highest BCUT2D eigenvalue weighted by atomic mass is 16.6. The molecule has 0 unspecified atom stereocenters. The Balaban J connectivity index is 0.811. The van der Waals surface area contributed by atoms with Crippen LogP contribution in [0.5, 0.6) is 23.0 Å². The van der Waals surface area contributed by atoms with Crippen LogP contribution >= 0.6 is 0 Å². The number of amides is 1. The molecular formula is C57H48N2O8. The lowest BCUT2D eigenvalue weighted by molar-refractivity contribution is 0.0682. The highest BCUT2D eigenvalue weighted by Gasteiger charge is 2.24. The largest absolute Gasteiger partial charge is 0.478 e. The van der Waals surface area contributed by atoms with Gasteiger partial charge in [-0.3, -0.25) is 15.1 Å². The van der Waals surface area contributed by atoms with Crippen LogP contribution < -0.4 is 20.3 Å². The number of rotatable bonds is 18. The van der Waals surface area contributed by atoms with E-state index < -0.39 is 17.8 Å². The Morgan fingerprint density at radius 1 is 0.463 bits per heavy atom. The molecule has 0 saturated heterocycles. The van der Waals surface area contributed by atoms with Crippen LogP contribution in [0.25, 0.3) is 0 Å². The average Bonchev–Trinajstić information content (AvgIpc) is 3.34.